The van der Waals surface area contributed by atoms with Crippen LogP contribution in [0.3, 0.4) is 0 Å². The second kappa shape index (κ2) is 6.51. The second-order valence-electron chi connectivity index (χ2n) is 6.53. The highest BCUT2D eigenvalue weighted by Gasteiger charge is 2.34. The molecule has 1 aromatic carbocycles. The lowest BCUT2D eigenvalue weighted by atomic mass is 9.96. The van der Waals surface area contributed by atoms with Crippen molar-refractivity contribution in [3.63, 3.8) is 0 Å². The lowest BCUT2D eigenvalue weighted by Crippen LogP contribution is -2.42. The molecule has 0 fully saturated rings. The van der Waals surface area contributed by atoms with Gasteiger partial charge in [-0.1, -0.05) is 0 Å². The van der Waals surface area contributed by atoms with Crippen LogP contribution in [0.25, 0.3) is 0 Å². The Kier molecular flexibility index (Phi) is 4.98. The van der Waals surface area contributed by atoms with Crippen molar-refractivity contribution in [2.75, 3.05) is 18.5 Å². The first kappa shape index (κ1) is 18.4. The van der Waals surface area contributed by atoms with Gasteiger partial charge in [-0.05, 0) is 58.0 Å². The SMILES string of the molecule is CNC1CCN(C(=O)OC(C)(C)C)c2ccc(OC(F)(F)F)cc21. The van der Waals surface area contributed by atoms with Crippen LogP contribution in [0.2, 0.25) is 0 Å². The van der Waals surface area contributed by atoms with Crippen molar-refractivity contribution < 1.29 is 27.4 Å². The van der Waals surface area contributed by atoms with Crippen LogP contribution in [0.1, 0.15) is 38.8 Å². The molecule has 0 spiro atoms. The summed E-state index contributed by atoms with van der Waals surface area (Å²) in [5, 5.41) is 3.04. The lowest BCUT2D eigenvalue weighted by molar-refractivity contribution is -0.274. The maximum Gasteiger partial charge on any atom is 0.573 e. The van der Waals surface area contributed by atoms with E-state index in [0.29, 0.717) is 24.2 Å². The largest absolute Gasteiger partial charge is 0.573 e. The van der Waals surface area contributed by atoms with Crippen molar-refractivity contribution in [1.29, 1.82) is 0 Å². The molecule has 134 valence electrons. The first-order chi connectivity index (χ1) is 11.0. The number of halogens is 3. The quantitative estimate of drug-likeness (QED) is 0.880. The molecular weight excluding hydrogens is 325 g/mol. The summed E-state index contributed by atoms with van der Waals surface area (Å²) in [6.45, 7) is 5.68. The van der Waals surface area contributed by atoms with E-state index in [9.17, 15) is 18.0 Å². The molecule has 1 amide bonds. The van der Waals surface area contributed by atoms with Gasteiger partial charge < -0.3 is 14.8 Å². The Balaban J connectivity index is 2.34. The molecule has 5 nitrogen and oxygen atoms in total. The first-order valence-corrected chi connectivity index (χ1v) is 7.57. The zero-order chi connectivity index (χ0) is 18.1. The van der Waals surface area contributed by atoms with Crippen LogP contribution in [-0.4, -0.2) is 31.6 Å². The summed E-state index contributed by atoms with van der Waals surface area (Å²) < 4.78 is 46.6. The van der Waals surface area contributed by atoms with E-state index in [0.717, 1.165) is 0 Å². The van der Waals surface area contributed by atoms with Crippen LogP contribution < -0.4 is 15.0 Å². The van der Waals surface area contributed by atoms with E-state index in [1.165, 1.54) is 23.1 Å². The number of carbonyl (C=O) groups is 1. The van der Waals surface area contributed by atoms with Crippen molar-refractivity contribution in [2.45, 2.75) is 45.2 Å². The van der Waals surface area contributed by atoms with Gasteiger partial charge in [-0.15, -0.1) is 13.2 Å². The van der Waals surface area contributed by atoms with Gasteiger partial charge in [-0.2, -0.15) is 0 Å². The number of fused-ring (bicyclic) bond motifs is 1. The van der Waals surface area contributed by atoms with E-state index in [4.69, 9.17) is 4.74 Å². The van der Waals surface area contributed by atoms with Crippen LogP contribution in [0.15, 0.2) is 18.2 Å². The monoisotopic (exact) mass is 346 g/mol. The van der Waals surface area contributed by atoms with Gasteiger partial charge in [-0.25, -0.2) is 4.79 Å². The van der Waals surface area contributed by atoms with E-state index in [-0.39, 0.29) is 11.8 Å². The normalized spacial score (nSPS) is 18.1. The molecule has 0 saturated heterocycles. The standard InChI is InChI=1S/C16H21F3N2O3/c1-15(2,3)24-14(22)21-8-7-12(20-4)11-9-10(5-6-13(11)21)23-16(17,18)19/h5-6,9,12,20H,7-8H2,1-4H3. The third-order valence-corrected chi connectivity index (χ3v) is 3.50. The molecule has 2 rings (SSSR count). The van der Waals surface area contributed by atoms with Crippen molar-refractivity contribution in [2.24, 2.45) is 0 Å². The molecule has 1 unspecified atom stereocenters. The Morgan fingerprint density at radius 3 is 2.50 bits per heavy atom. The number of carbonyl (C=O) groups excluding carboxylic acids is 1. The summed E-state index contributed by atoms with van der Waals surface area (Å²) in [6.07, 6.45) is -4.73. The Labute approximate surface area is 138 Å². The summed E-state index contributed by atoms with van der Waals surface area (Å²) in [6, 6.07) is 3.78. The van der Waals surface area contributed by atoms with Crippen molar-refractivity contribution in [3.05, 3.63) is 23.8 Å². The summed E-state index contributed by atoms with van der Waals surface area (Å²) in [4.78, 5) is 13.8. The highest BCUT2D eigenvalue weighted by atomic mass is 19.4. The maximum absolute atomic E-state index is 12.4. The van der Waals surface area contributed by atoms with Gasteiger partial charge in [0.15, 0.2) is 0 Å². The number of ether oxygens (including phenoxy) is 2. The van der Waals surface area contributed by atoms with Crippen LogP contribution in [0, 0.1) is 0 Å². The molecule has 8 heteroatoms. The van der Waals surface area contributed by atoms with Gasteiger partial charge in [0.25, 0.3) is 0 Å². The average Bonchev–Trinajstić information content (AvgIpc) is 2.42. The molecule has 1 N–H and O–H groups in total. The summed E-state index contributed by atoms with van der Waals surface area (Å²) >= 11 is 0. The minimum absolute atomic E-state index is 0.171. The van der Waals surface area contributed by atoms with Gasteiger partial charge >= 0.3 is 12.5 Å². The highest BCUT2D eigenvalue weighted by molar-refractivity contribution is 5.90. The fourth-order valence-electron chi connectivity index (χ4n) is 2.60. The number of hydrogen-bond donors (Lipinski definition) is 1. The molecule has 0 radical (unpaired) electrons. The number of anilines is 1. The Hall–Kier alpha value is -1.96. The van der Waals surface area contributed by atoms with E-state index < -0.39 is 18.1 Å². The number of nitrogens with zero attached hydrogens (tertiary/aromatic N) is 1. The van der Waals surface area contributed by atoms with E-state index in [1.54, 1.807) is 27.8 Å². The van der Waals surface area contributed by atoms with Crippen molar-refractivity contribution in [3.8, 4) is 5.75 Å². The third-order valence-electron chi connectivity index (χ3n) is 3.50. The topological polar surface area (TPSA) is 50.8 Å². The van der Waals surface area contributed by atoms with Gasteiger partial charge in [-0.3, -0.25) is 4.90 Å². The number of benzene rings is 1. The van der Waals surface area contributed by atoms with Crippen molar-refractivity contribution in [1.82, 2.24) is 5.32 Å². The molecule has 0 saturated carbocycles. The molecule has 1 aromatic rings. The van der Waals surface area contributed by atoms with Crippen LogP contribution in [-0.2, 0) is 4.74 Å². The zero-order valence-corrected chi connectivity index (χ0v) is 14.0. The molecule has 24 heavy (non-hydrogen) atoms. The Morgan fingerprint density at radius 1 is 1.29 bits per heavy atom. The fourth-order valence-corrected chi connectivity index (χ4v) is 2.60. The molecule has 0 bridgehead atoms. The number of amides is 1. The molecule has 0 aromatic heterocycles. The zero-order valence-electron chi connectivity index (χ0n) is 14.0. The Morgan fingerprint density at radius 2 is 1.96 bits per heavy atom. The molecule has 1 atom stereocenters. The lowest BCUT2D eigenvalue weighted by Gasteiger charge is -2.35. The van der Waals surface area contributed by atoms with Crippen LogP contribution >= 0.6 is 0 Å². The summed E-state index contributed by atoms with van der Waals surface area (Å²) in [5.74, 6) is -0.312. The van der Waals surface area contributed by atoms with Crippen molar-refractivity contribution >= 4 is 11.8 Å². The summed E-state index contributed by atoms with van der Waals surface area (Å²) in [5.41, 5.74) is 0.428. The smallest absolute Gasteiger partial charge is 0.443 e. The van der Waals surface area contributed by atoms with E-state index in [1.807, 2.05) is 0 Å². The fraction of sp³-hybridized carbons (Fsp3) is 0.562. The van der Waals surface area contributed by atoms with Gasteiger partial charge in [0.1, 0.15) is 11.4 Å². The number of rotatable bonds is 2. The maximum atomic E-state index is 12.4. The number of alkyl halides is 3. The third kappa shape index (κ3) is 4.53. The summed E-state index contributed by atoms with van der Waals surface area (Å²) in [7, 11) is 1.72. The van der Waals surface area contributed by atoms with E-state index >= 15 is 0 Å². The number of hydrogen-bond acceptors (Lipinski definition) is 4. The predicted molar refractivity (Wildman–Crippen MR) is 83.1 cm³/mol. The average molecular weight is 346 g/mol. The van der Waals surface area contributed by atoms with E-state index in [2.05, 4.69) is 10.1 Å². The minimum Gasteiger partial charge on any atom is -0.443 e. The Bertz CT molecular complexity index is 612. The molecule has 1 aliphatic rings. The highest BCUT2D eigenvalue weighted by Crippen LogP contribution is 2.38. The van der Waals surface area contributed by atoms with Gasteiger partial charge in [0.2, 0.25) is 0 Å². The van der Waals surface area contributed by atoms with Crippen LogP contribution in [0.5, 0.6) is 5.75 Å². The second-order valence-corrected chi connectivity index (χ2v) is 6.53. The minimum atomic E-state index is -4.76. The van der Waals surface area contributed by atoms with Gasteiger partial charge in [0, 0.05) is 12.6 Å². The first-order valence-electron chi connectivity index (χ1n) is 7.57. The molecular formula is C16H21F3N2O3. The predicted octanol–water partition coefficient (Wildman–Crippen LogP) is 3.99. The van der Waals surface area contributed by atoms with Gasteiger partial charge in [0.05, 0.1) is 5.69 Å². The molecule has 1 heterocycles. The van der Waals surface area contributed by atoms with Crippen LogP contribution in [0.4, 0.5) is 23.7 Å². The number of nitrogens with one attached hydrogen (secondary N) is 1. The molecule has 1 aliphatic heterocycles. The molecule has 0 aliphatic carbocycles.